The molecule has 1 aliphatic heterocycles. The molecule has 0 radical (unpaired) electrons. The second kappa shape index (κ2) is 16.0. The number of hydrazine groups is 1. The quantitative estimate of drug-likeness (QED) is 0.463. The van der Waals surface area contributed by atoms with Gasteiger partial charge in [-0.1, -0.05) is 51.3 Å². The zero-order chi connectivity index (χ0) is 21.4. The Labute approximate surface area is 168 Å². The first-order valence-electron chi connectivity index (χ1n) is 10.1. The molecule has 28 heavy (non-hydrogen) atoms. The molecule has 160 valence electrons. The van der Waals surface area contributed by atoms with Crippen molar-refractivity contribution >= 4 is 17.5 Å². The van der Waals surface area contributed by atoms with Crippen molar-refractivity contribution in [3.63, 3.8) is 0 Å². The van der Waals surface area contributed by atoms with Gasteiger partial charge in [0.1, 0.15) is 5.92 Å². The SMILES string of the molecule is CCCC(O)O.CCCCC1C(=O)NN(c2ccccc2)C1=O.CCOCC. The fourth-order valence-corrected chi connectivity index (χ4v) is 2.41. The van der Waals surface area contributed by atoms with E-state index in [1.54, 1.807) is 12.1 Å². The molecule has 1 saturated heterocycles. The van der Waals surface area contributed by atoms with Crippen LogP contribution in [0.2, 0.25) is 0 Å². The van der Waals surface area contributed by atoms with Gasteiger partial charge in [-0.05, 0) is 38.8 Å². The van der Waals surface area contributed by atoms with Crippen LogP contribution in [0.1, 0.15) is 59.8 Å². The fraction of sp³-hybridized carbons (Fsp3) is 0.619. The molecule has 0 saturated carbocycles. The third-order valence-electron chi connectivity index (χ3n) is 3.87. The third-order valence-corrected chi connectivity index (χ3v) is 3.87. The van der Waals surface area contributed by atoms with Crippen LogP contribution in [0.4, 0.5) is 5.69 Å². The molecular formula is C21H36N2O5. The number of nitrogens with zero attached hydrogens (tertiary/aromatic N) is 1. The molecule has 1 aromatic rings. The number of hydrogen-bond acceptors (Lipinski definition) is 5. The highest BCUT2D eigenvalue weighted by molar-refractivity contribution is 6.14. The number of aliphatic hydroxyl groups excluding tert-OH is 1. The Morgan fingerprint density at radius 3 is 2.04 bits per heavy atom. The van der Waals surface area contributed by atoms with Crippen LogP contribution in [0.5, 0.6) is 0 Å². The molecule has 7 nitrogen and oxygen atoms in total. The number of unbranched alkanes of at least 4 members (excludes halogenated alkanes) is 1. The highest BCUT2D eigenvalue weighted by Gasteiger charge is 2.39. The van der Waals surface area contributed by atoms with Crippen molar-refractivity contribution in [1.82, 2.24) is 5.43 Å². The van der Waals surface area contributed by atoms with Crippen LogP contribution in [0.15, 0.2) is 30.3 Å². The Kier molecular flexibility index (Phi) is 14.9. The lowest BCUT2D eigenvalue weighted by Crippen LogP contribution is -2.35. The molecule has 2 amide bonds. The van der Waals surface area contributed by atoms with Gasteiger partial charge in [-0.25, -0.2) is 5.01 Å². The summed E-state index contributed by atoms with van der Waals surface area (Å²) in [6.45, 7) is 9.62. The third kappa shape index (κ3) is 10.4. The Hall–Kier alpha value is -1.96. The molecule has 3 N–H and O–H groups in total. The summed E-state index contributed by atoms with van der Waals surface area (Å²) < 4.78 is 4.83. The van der Waals surface area contributed by atoms with Gasteiger partial charge in [0.15, 0.2) is 6.29 Å². The Bertz CT molecular complexity index is 535. The van der Waals surface area contributed by atoms with E-state index in [1.165, 1.54) is 5.01 Å². The van der Waals surface area contributed by atoms with Crippen molar-refractivity contribution < 1.29 is 24.5 Å². The minimum absolute atomic E-state index is 0.144. The van der Waals surface area contributed by atoms with E-state index in [1.807, 2.05) is 45.9 Å². The second-order valence-corrected chi connectivity index (χ2v) is 6.23. The van der Waals surface area contributed by atoms with E-state index in [0.717, 1.165) is 32.5 Å². The fourth-order valence-electron chi connectivity index (χ4n) is 2.41. The van der Waals surface area contributed by atoms with E-state index < -0.39 is 12.2 Å². The number of ether oxygens (including phenoxy) is 1. The number of carbonyl (C=O) groups excluding carboxylic acids is 2. The van der Waals surface area contributed by atoms with Crippen LogP contribution < -0.4 is 10.4 Å². The van der Waals surface area contributed by atoms with Gasteiger partial charge < -0.3 is 14.9 Å². The lowest BCUT2D eigenvalue weighted by atomic mass is 10.0. The Balaban J connectivity index is 0.000000550. The van der Waals surface area contributed by atoms with E-state index in [0.29, 0.717) is 18.5 Å². The summed E-state index contributed by atoms with van der Waals surface area (Å²) in [5.74, 6) is -0.850. The number of aliphatic hydroxyl groups is 2. The van der Waals surface area contributed by atoms with Gasteiger partial charge in [0.25, 0.3) is 11.8 Å². The standard InChI is InChI=1S/C13H16N2O2.C4H10O2.C4H10O/c1-2-3-9-11-12(16)14-15(13(11)17)10-7-5-4-6-8-10;1-2-3-4(5)6;1-3-5-4-2/h4-8,11H,2-3,9H2,1H3,(H,14,16);4-6H,2-3H2,1H3;3-4H2,1-2H3. The van der Waals surface area contributed by atoms with E-state index in [-0.39, 0.29) is 11.8 Å². The van der Waals surface area contributed by atoms with Crippen molar-refractivity contribution in [2.24, 2.45) is 5.92 Å². The number of nitrogens with one attached hydrogen (secondary N) is 1. The summed E-state index contributed by atoms with van der Waals surface area (Å²) in [6.07, 6.45) is 2.73. The molecule has 1 heterocycles. The minimum atomic E-state index is -1.10. The number of hydrogen-bond donors (Lipinski definition) is 3. The average Bonchev–Trinajstić information content (AvgIpc) is 2.96. The van der Waals surface area contributed by atoms with Gasteiger partial charge in [-0.2, -0.15) is 0 Å². The Morgan fingerprint density at radius 2 is 1.64 bits per heavy atom. The van der Waals surface area contributed by atoms with Gasteiger partial charge in [0, 0.05) is 13.2 Å². The lowest BCUT2D eigenvalue weighted by molar-refractivity contribution is -0.127. The molecule has 1 fully saturated rings. The van der Waals surface area contributed by atoms with E-state index >= 15 is 0 Å². The number of amides is 2. The van der Waals surface area contributed by atoms with Gasteiger partial charge in [0.05, 0.1) is 5.69 Å². The number of benzene rings is 1. The first-order chi connectivity index (χ1) is 13.4. The minimum Gasteiger partial charge on any atom is -0.382 e. The van der Waals surface area contributed by atoms with Crippen LogP contribution in [-0.4, -0.2) is 41.5 Å². The summed E-state index contributed by atoms with van der Waals surface area (Å²) in [5, 5.41) is 17.6. The van der Waals surface area contributed by atoms with Crippen molar-refractivity contribution in [2.75, 3.05) is 18.2 Å². The van der Waals surface area contributed by atoms with Crippen LogP contribution in [-0.2, 0) is 14.3 Å². The van der Waals surface area contributed by atoms with Crippen LogP contribution in [0.3, 0.4) is 0 Å². The summed E-state index contributed by atoms with van der Waals surface area (Å²) in [5.41, 5.74) is 3.34. The number of carbonyl (C=O) groups is 2. The highest BCUT2D eigenvalue weighted by Crippen LogP contribution is 2.22. The molecule has 0 bridgehead atoms. The summed E-state index contributed by atoms with van der Waals surface area (Å²) in [7, 11) is 0. The molecular weight excluding hydrogens is 360 g/mol. The van der Waals surface area contributed by atoms with Crippen LogP contribution in [0.25, 0.3) is 0 Å². The smallest absolute Gasteiger partial charge is 0.258 e. The molecule has 2 rings (SSSR count). The maximum absolute atomic E-state index is 12.1. The van der Waals surface area contributed by atoms with Gasteiger partial charge in [-0.3, -0.25) is 15.0 Å². The van der Waals surface area contributed by atoms with Crippen molar-refractivity contribution in [1.29, 1.82) is 0 Å². The van der Waals surface area contributed by atoms with Gasteiger partial charge in [-0.15, -0.1) is 0 Å². The summed E-state index contributed by atoms with van der Waals surface area (Å²) >= 11 is 0. The van der Waals surface area contributed by atoms with Crippen LogP contribution >= 0.6 is 0 Å². The molecule has 0 spiro atoms. The molecule has 1 aromatic carbocycles. The van der Waals surface area contributed by atoms with E-state index in [4.69, 9.17) is 14.9 Å². The molecule has 1 unspecified atom stereocenters. The van der Waals surface area contributed by atoms with E-state index in [9.17, 15) is 9.59 Å². The van der Waals surface area contributed by atoms with Crippen LogP contribution in [0, 0.1) is 5.92 Å². The summed E-state index contributed by atoms with van der Waals surface area (Å²) in [4.78, 5) is 23.8. The maximum Gasteiger partial charge on any atom is 0.258 e. The summed E-state index contributed by atoms with van der Waals surface area (Å²) in [6, 6.07) is 9.17. The highest BCUT2D eigenvalue weighted by atomic mass is 16.5. The van der Waals surface area contributed by atoms with Crippen molar-refractivity contribution in [3.8, 4) is 0 Å². The van der Waals surface area contributed by atoms with Gasteiger partial charge in [0.2, 0.25) is 0 Å². The molecule has 0 aromatic heterocycles. The maximum atomic E-state index is 12.1. The second-order valence-electron chi connectivity index (χ2n) is 6.23. The zero-order valence-electron chi connectivity index (χ0n) is 17.6. The first-order valence-corrected chi connectivity index (χ1v) is 10.1. The average molecular weight is 397 g/mol. The monoisotopic (exact) mass is 396 g/mol. The van der Waals surface area contributed by atoms with E-state index in [2.05, 4.69) is 5.43 Å². The molecule has 7 heteroatoms. The topological polar surface area (TPSA) is 99.1 Å². The predicted molar refractivity (Wildman–Crippen MR) is 110 cm³/mol. The Morgan fingerprint density at radius 1 is 1.04 bits per heavy atom. The van der Waals surface area contributed by atoms with Gasteiger partial charge >= 0.3 is 0 Å². The lowest BCUT2D eigenvalue weighted by Gasteiger charge is -2.14. The molecule has 1 aliphatic rings. The largest absolute Gasteiger partial charge is 0.382 e. The molecule has 0 aliphatic carbocycles. The number of rotatable bonds is 8. The normalized spacial score (nSPS) is 15.5. The number of anilines is 1. The number of para-hydroxylation sites is 1. The zero-order valence-corrected chi connectivity index (χ0v) is 17.6. The van der Waals surface area contributed by atoms with Crippen molar-refractivity contribution in [2.45, 2.75) is 66.1 Å². The van der Waals surface area contributed by atoms with Crippen molar-refractivity contribution in [3.05, 3.63) is 30.3 Å². The molecule has 1 atom stereocenters. The predicted octanol–water partition coefficient (Wildman–Crippen LogP) is 3.01. The first kappa shape index (κ1) is 26.0.